The number of rotatable bonds is 3. The van der Waals surface area contributed by atoms with Gasteiger partial charge in [0.2, 0.25) is 0 Å². The standard InChI is InChI=1S/C20H22FN3O3/c1-12-6-7-14(21)16(10-12)24-15-5-3-4-13(15)17(22-24)18(25)23-9-8-20(2,11-23)19(26)27/h6-7,10H,3-5,8-9,11H2,1-2H3,(H,26,27). The molecule has 6 nitrogen and oxygen atoms in total. The number of carbonyl (C=O) groups is 2. The van der Waals surface area contributed by atoms with E-state index < -0.39 is 11.4 Å². The third-order valence-electron chi connectivity index (χ3n) is 5.74. The van der Waals surface area contributed by atoms with Crippen molar-refractivity contribution in [3.8, 4) is 5.69 Å². The molecule has 0 saturated carbocycles. The lowest BCUT2D eigenvalue weighted by atomic mass is 9.90. The summed E-state index contributed by atoms with van der Waals surface area (Å²) in [4.78, 5) is 26.1. The van der Waals surface area contributed by atoms with Gasteiger partial charge in [-0.25, -0.2) is 9.07 Å². The van der Waals surface area contributed by atoms with Crippen molar-refractivity contribution < 1.29 is 19.1 Å². The molecule has 1 aliphatic heterocycles. The molecule has 1 unspecified atom stereocenters. The van der Waals surface area contributed by atoms with E-state index in [9.17, 15) is 19.1 Å². The van der Waals surface area contributed by atoms with Crippen molar-refractivity contribution in [1.82, 2.24) is 14.7 Å². The predicted octanol–water partition coefficient (Wildman–Crippen LogP) is 2.75. The number of hydrogen-bond acceptors (Lipinski definition) is 3. The first-order valence-corrected chi connectivity index (χ1v) is 9.20. The van der Waals surface area contributed by atoms with Crippen molar-refractivity contribution >= 4 is 11.9 Å². The maximum absolute atomic E-state index is 14.4. The smallest absolute Gasteiger partial charge is 0.311 e. The zero-order valence-electron chi connectivity index (χ0n) is 15.5. The molecule has 1 saturated heterocycles. The molecule has 142 valence electrons. The summed E-state index contributed by atoms with van der Waals surface area (Å²) in [5.74, 6) is -1.53. The van der Waals surface area contributed by atoms with Crippen molar-refractivity contribution in [1.29, 1.82) is 0 Å². The van der Waals surface area contributed by atoms with Crippen LogP contribution in [0.2, 0.25) is 0 Å². The number of benzene rings is 1. The second-order valence-corrected chi connectivity index (χ2v) is 7.84. The Morgan fingerprint density at radius 1 is 1.30 bits per heavy atom. The fraction of sp³-hybridized carbons (Fsp3) is 0.450. The zero-order valence-corrected chi connectivity index (χ0v) is 15.5. The van der Waals surface area contributed by atoms with Crippen LogP contribution in [-0.2, 0) is 17.6 Å². The highest BCUT2D eigenvalue weighted by Crippen LogP contribution is 2.34. The molecule has 0 radical (unpaired) electrons. The van der Waals surface area contributed by atoms with Crippen LogP contribution in [0.1, 0.15) is 47.1 Å². The molecule has 0 spiro atoms. The molecule has 27 heavy (non-hydrogen) atoms. The fourth-order valence-electron chi connectivity index (χ4n) is 4.05. The van der Waals surface area contributed by atoms with Gasteiger partial charge >= 0.3 is 5.97 Å². The first kappa shape index (κ1) is 17.7. The number of aromatic nitrogens is 2. The summed E-state index contributed by atoms with van der Waals surface area (Å²) >= 11 is 0. The number of aliphatic carboxylic acids is 1. The lowest BCUT2D eigenvalue weighted by Gasteiger charge is -2.19. The summed E-state index contributed by atoms with van der Waals surface area (Å²) in [5.41, 5.74) is 2.41. The molecule has 1 aromatic carbocycles. The average Bonchev–Trinajstić information content (AvgIpc) is 3.32. The van der Waals surface area contributed by atoms with E-state index in [4.69, 9.17) is 0 Å². The van der Waals surface area contributed by atoms with Crippen LogP contribution >= 0.6 is 0 Å². The van der Waals surface area contributed by atoms with Crippen molar-refractivity contribution in [3.05, 3.63) is 46.5 Å². The van der Waals surface area contributed by atoms with E-state index in [1.54, 1.807) is 28.6 Å². The minimum Gasteiger partial charge on any atom is -0.481 e. The van der Waals surface area contributed by atoms with Gasteiger partial charge in [-0.2, -0.15) is 5.10 Å². The van der Waals surface area contributed by atoms with Gasteiger partial charge in [0.15, 0.2) is 5.69 Å². The van der Waals surface area contributed by atoms with Gasteiger partial charge in [-0.15, -0.1) is 0 Å². The minimum absolute atomic E-state index is 0.168. The Morgan fingerprint density at radius 3 is 2.78 bits per heavy atom. The third-order valence-corrected chi connectivity index (χ3v) is 5.74. The maximum Gasteiger partial charge on any atom is 0.311 e. The molecule has 2 aromatic rings. The summed E-state index contributed by atoms with van der Waals surface area (Å²) in [6.07, 6.45) is 2.79. The Morgan fingerprint density at radius 2 is 2.07 bits per heavy atom. The van der Waals surface area contributed by atoms with Gasteiger partial charge in [-0.1, -0.05) is 6.07 Å². The summed E-state index contributed by atoms with van der Waals surface area (Å²) < 4.78 is 16.0. The second kappa shape index (κ2) is 6.18. The number of fused-ring (bicyclic) bond motifs is 1. The molecular formula is C20H22FN3O3. The lowest BCUT2D eigenvalue weighted by Crippen LogP contribution is -2.35. The number of carboxylic acids is 1. The Labute approximate surface area is 156 Å². The molecule has 4 rings (SSSR count). The van der Waals surface area contributed by atoms with Crippen molar-refractivity contribution in [2.45, 2.75) is 39.5 Å². The Kier molecular flexibility index (Phi) is 4.05. The molecule has 1 atom stereocenters. The van der Waals surface area contributed by atoms with Gasteiger partial charge in [-0.05, 0) is 57.2 Å². The highest BCUT2D eigenvalue weighted by molar-refractivity contribution is 5.95. The topological polar surface area (TPSA) is 75.4 Å². The molecule has 1 amide bonds. The van der Waals surface area contributed by atoms with E-state index in [1.807, 2.05) is 6.92 Å². The number of amides is 1. The van der Waals surface area contributed by atoms with Gasteiger partial charge in [0.25, 0.3) is 5.91 Å². The predicted molar refractivity (Wildman–Crippen MR) is 96.5 cm³/mol. The van der Waals surface area contributed by atoms with Gasteiger partial charge in [0.05, 0.1) is 5.41 Å². The monoisotopic (exact) mass is 371 g/mol. The van der Waals surface area contributed by atoms with Crippen LogP contribution in [0.15, 0.2) is 18.2 Å². The number of aryl methyl sites for hydroxylation is 1. The number of likely N-dealkylation sites (tertiary alicyclic amines) is 1. The SMILES string of the molecule is Cc1ccc(F)c(-n2nc(C(=O)N3CCC(C)(C(=O)O)C3)c3c2CCC3)c1. The highest BCUT2D eigenvalue weighted by atomic mass is 19.1. The van der Waals surface area contributed by atoms with Gasteiger partial charge in [-0.3, -0.25) is 9.59 Å². The summed E-state index contributed by atoms with van der Waals surface area (Å²) in [6.45, 7) is 4.10. The van der Waals surface area contributed by atoms with Crippen LogP contribution in [0.3, 0.4) is 0 Å². The van der Waals surface area contributed by atoms with E-state index in [1.165, 1.54) is 6.07 Å². The van der Waals surface area contributed by atoms with Crippen LogP contribution in [0.4, 0.5) is 4.39 Å². The first-order chi connectivity index (χ1) is 12.8. The lowest BCUT2D eigenvalue weighted by molar-refractivity contribution is -0.147. The van der Waals surface area contributed by atoms with Crippen LogP contribution in [-0.4, -0.2) is 44.8 Å². The highest BCUT2D eigenvalue weighted by Gasteiger charge is 2.43. The summed E-state index contributed by atoms with van der Waals surface area (Å²) in [7, 11) is 0. The molecule has 2 aliphatic rings. The molecule has 1 aliphatic carbocycles. The largest absolute Gasteiger partial charge is 0.481 e. The van der Waals surface area contributed by atoms with Crippen LogP contribution in [0.5, 0.6) is 0 Å². The van der Waals surface area contributed by atoms with Gasteiger partial charge in [0.1, 0.15) is 11.5 Å². The third kappa shape index (κ3) is 2.81. The van der Waals surface area contributed by atoms with E-state index in [0.717, 1.165) is 36.1 Å². The Balaban J connectivity index is 1.72. The molecule has 2 heterocycles. The van der Waals surface area contributed by atoms with Gasteiger partial charge < -0.3 is 10.0 Å². The normalized spacial score (nSPS) is 21.5. The molecule has 0 bridgehead atoms. The second-order valence-electron chi connectivity index (χ2n) is 7.84. The molecular weight excluding hydrogens is 349 g/mol. The Hall–Kier alpha value is -2.70. The summed E-state index contributed by atoms with van der Waals surface area (Å²) in [6, 6.07) is 4.84. The molecule has 1 N–H and O–H groups in total. The van der Waals surface area contributed by atoms with Crippen LogP contribution in [0, 0.1) is 18.2 Å². The number of carboxylic acid groups (broad SMARTS) is 1. The maximum atomic E-state index is 14.4. The number of nitrogens with zero attached hydrogens (tertiary/aromatic N) is 3. The van der Waals surface area contributed by atoms with Crippen LogP contribution < -0.4 is 0 Å². The first-order valence-electron chi connectivity index (χ1n) is 9.20. The van der Waals surface area contributed by atoms with Crippen molar-refractivity contribution in [2.75, 3.05) is 13.1 Å². The number of halogens is 1. The van der Waals surface area contributed by atoms with Crippen molar-refractivity contribution in [2.24, 2.45) is 5.41 Å². The van der Waals surface area contributed by atoms with E-state index >= 15 is 0 Å². The number of carbonyl (C=O) groups excluding carboxylic acids is 1. The summed E-state index contributed by atoms with van der Waals surface area (Å²) in [5, 5.41) is 13.9. The quantitative estimate of drug-likeness (QED) is 0.900. The van der Waals surface area contributed by atoms with Gasteiger partial charge in [0, 0.05) is 24.3 Å². The fourth-order valence-corrected chi connectivity index (χ4v) is 4.05. The van der Waals surface area contributed by atoms with Crippen LogP contribution in [0.25, 0.3) is 5.69 Å². The molecule has 1 fully saturated rings. The van der Waals surface area contributed by atoms with Crippen molar-refractivity contribution in [3.63, 3.8) is 0 Å². The van der Waals surface area contributed by atoms with E-state index in [0.29, 0.717) is 24.3 Å². The number of hydrogen-bond donors (Lipinski definition) is 1. The minimum atomic E-state index is -0.927. The Bertz CT molecular complexity index is 952. The van der Waals surface area contributed by atoms with E-state index in [2.05, 4.69) is 5.10 Å². The zero-order chi connectivity index (χ0) is 19.3. The van der Waals surface area contributed by atoms with E-state index in [-0.39, 0.29) is 18.3 Å². The molecule has 1 aromatic heterocycles. The molecule has 7 heteroatoms. The average molecular weight is 371 g/mol.